The van der Waals surface area contributed by atoms with Crippen LogP contribution in [0.1, 0.15) is 25.0 Å². The van der Waals surface area contributed by atoms with Gasteiger partial charge in [-0.15, -0.1) is 0 Å². The molecule has 26 heavy (non-hydrogen) atoms. The molecule has 0 aromatic heterocycles. The van der Waals surface area contributed by atoms with Gasteiger partial charge < -0.3 is 15.5 Å². The van der Waals surface area contributed by atoms with E-state index in [1.807, 2.05) is 13.0 Å². The summed E-state index contributed by atoms with van der Waals surface area (Å²) in [5.74, 6) is -0.302. The lowest BCUT2D eigenvalue weighted by molar-refractivity contribution is -0.119. The van der Waals surface area contributed by atoms with Crippen LogP contribution in [0.25, 0.3) is 0 Å². The molecule has 0 bridgehead atoms. The Morgan fingerprint density at radius 3 is 2.38 bits per heavy atom. The lowest BCUT2D eigenvalue weighted by atomic mass is 10.1. The number of amides is 1. The van der Waals surface area contributed by atoms with E-state index in [9.17, 15) is 9.18 Å². The minimum Gasteiger partial charge on any atom is -0.376 e. The summed E-state index contributed by atoms with van der Waals surface area (Å²) in [7, 11) is 0. The molecule has 0 spiro atoms. The summed E-state index contributed by atoms with van der Waals surface area (Å²) in [5.41, 5.74) is 4.28. The van der Waals surface area contributed by atoms with E-state index in [4.69, 9.17) is 0 Å². The molecule has 0 fully saturated rings. The molecule has 0 heterocycles. The van der Waals surface area contributed by atoms with E-state index in [1.54, 1.807) is 12.1 Å². The van der Waals surface area contributed by atoms with Crippen molar-refractivity contribution in [1.29, 1.82) is 0 Å². The minimum atomic E-state index is -0.246. The van der Waals surface area contributed by atoms with Crippen molar-refractivity contribution < 1.29 is 9.18 Å². The number of aryl methyl sites for hydroxylation is 1. The third-order valence-electron chi connectivity index (χ3n) is 4.43. The number of nitrogens with one attached hydrogen (secondary N) is 2. The zero-order valence-electron chi connectivity index (χ0n) is 15.8. The van der Waals surface area contributed by atoms with E-state index in [0.29, 0.717) is 13.0 Å². The second-order valence-corrected chi connectivity index (χ2v) is 6.25. The first-order valence-corrected chi connectivity index (χ1v) is 9.14. The predicted molar refractivity (Wildman–Crippen MR) is 106 cm³/mol. The molecule has 5 heteroatoms. The van der Waals surface area contributed by atoms with Crippen molar-refractivity contribution in [3.8, 4) is 0 Å². The average molecular weight is 357 g/mol. The van der Waals surface area contributed by atoms with Crippen LogP contribution in [-0.4, -0.2) is 32.1 Å². The molecule has 2 N–H and O–H groups in total. The van der Waals surface area contributed by atoms with Gasteiger partial charge in [-0.1, -0.05) is 12.1 Å². The zero-order chi connectivity index (χ0) is 18.9. The van der Waals surface area contributed by atoms with Gasteiger partial charge in [-0.3, -0.25) is 4.79 Å². The molecule has 1 amide bonds. The van der Waals surface area contributed by atoms with Crippen LogP contribution in [-0.2, 0) is 11.2 Å². The summed E-state index contributed by atoms with van der Waals surface area (Å²) in [6, 6.07) is 12.6. The van der Waals surface area contributed by atoms with Crippen molar-refractivity contribution in [2.45, 2.75) is 27.2 Å². The maximum absolute atomic E-state index is 12.9. The smallest absolute Gasteiger partial charge is 0.239 e. The highest BCUT2D eigenvalue weighted by Gasteiger charge is 2.06. The van der Waals surface area contributed by atoms with Crippen LogP contribution in [0, 0.1) is 12.7 Å². The third kappa shape index (κ3) is 5.76. The fourth-order valence-electron chi connectivity index (χ4n) is 2.87. The van der Waals surface area contributed by atoms with Gasteiger partial charge >= 0.3 is 0 Å². The van der Waals surface area contributed by atoms with Gasteiger partial charge in [-0.25, -0.2) is 4.39 Å². The first-order chi connectivity index (χ1) is 12.5. The second kappa shape index (κ2) is 9.80. The fraction of sp³-hybridized carbons (Fsp3) is 0.381. The van der Waals surface area contributed by atoms with Crippen molar-refractivity contribution >= 4 is 17.3 Å². The van der Waals surface area contributed by atoms with Crippen LogP contribution in [0.4, 0.5) is 15.8 Å². The Labute approximate surface area is 155 Å². The van der Waals surface area contributed by atoms with E-state index in [2.05, 4.69) is 41.5 Å². The van der Waals surface area contributed by atoms with Crippen LogP contribution >= 0.6 is 0 Å². The quantitative estimate of drug-likeness (QED) is 0.718. The highest BCUT2D eigenvalue weighted by atomic mass is 19.1. The number of halogens is 1. The molecule has 0 saturated heterocycles. The highest BCUT2D eigenvalue weighted by Crippen LogP contribution is 2.22. The molecule has 0 atom stereocenters. The zero-order valence-corrected chi connectivity index (χ0v) is 15.8. The summed E-state index contributed by atoms with van der Waals surface area (Å²) < 4.78 is 12.9. The number of nitrogens with zero attached hydrogens (tertiary/aromatic N) is 1. The van der Waals surface area contributed by atoms with Gasteiger partial charge in [-0.05, 0) is 68.7 Å². The summed E-state index contributed by atoms with van der Waals surface area (Å²) >= 11 is 0. The summed E-state index contributed by atoms with van der Waals surface area (Å²) in [6.07, 6.45) is 0.684. The van der Waals surface area contributed by atoms with E-state index >= 15 is 0 Å². The molecule has 2 aromatic rings. The number of carbonyl (C=O) groups excluding carboxylic acids is 1. The summed E-state index contributed by atoms with van der Waals surface area (Å²) in [6.45, 7) is 9.03. The van der Waals surface area contributed by atoms with Crippen molar-refractivity contribution in [3.63, 3.8) is 0 Å². The minimum absolute atomic E-state index is 0.0562. The number of rotatable bonds is 9. The molecule has 0 aliphatic carbocycles. The standard InChI is InChI=1S/C21H28FN3O/c1-4-25(5-2)19-10-11-20(16(3)14-19)24-15-21(26)23-13-12-17-6-8-18(22)9-7-17/h6-11,14,24H,4-5,12-13,15H2,1-3H3,(H,23,26). The Bertz CT molecular complexity index is 712. The molecule has 140 valence electrons. The van der Waals surface area contributed by atoms with Gasteiger partial charge in [0.05, 0.1) is 6.54 Å². The predicted octanol–water partition coefficient (Wildman–Crippen LogP) is 3.75. The molecular formula is C21H28FN3O. The summed E-state index contributed by atoms with van der Waals surface area (Å²) in [4.78, 5) is 14.3. The second-order valence-electron chi connectivity index (χ2n) is 6.25. The van der Waals surface area contributed by atoms with E-state index in [0.717, 1.165) is 29.9 Å². The molecule has 4 nitrogen and oxygen atoms in total. The number of anilines is 2. The van der Waals surface area contributed by atoms with Crippen molar-refractivity contribution in [2.75, 3.05) is 36.4 Å². The van der Waals surface area contributed by atoms with E-state index in [1.165, 1.54) is 17.8 Å². The monoisotopic (exact) mass is 357 g/mol. The highest BCUT2D eigenvalue weighted by molar-refractivity contribution is 5.81. The van der Waals surface area contributed by atoms with Gasteiger partial charge in [0.2, 0.25) is 5.91 Å². The van der Waals surface area contributed by atoms with Crippen molar-refractivity contribution in [3.05, 3.63) is 59.4 Å². The van der Waals surface area contributed by atoms with Gasteiger partial charge in [0, 0.05) is 31.0 Å². The Hall–Kier alpha value is -2.56. The Kier molecular flexibility index (Phi) is 7.45. The molecule has 0 unspecified atom stereocenters. The fourth-order valence-corrected chi connectivity index (χ4v) is 2.87. The topological polar surface area (TPSA) is 44.4 Å². The van der Waals surface area contributed by atoms with Crippen LogP contribution < -0.4 is 15.5 Å². The molecular weight excluding hydrogens is 329 g/mol. The van der Waals surface area contributed by atoms with Crippen molar-refractivity contribution in [1.82, 2.24) is 5.32 Å². The molecule has 2 aromatic carbocycles. The Morgan fingerprint density at radius 1 is 1.08 bits per heavy atom. The maximum atomic E-state index is 12.9. The van der Waals surface area contributed by atoms with Crippen LogP contribution in [0.15, 0.2) is 42.5 Å². The molecule has 0 saturated carbocycles. The largest absolute Gasteiger partial charge is 0.376 e. The average Bonchev–Trinajstić information content (AvgIpc) is 2.64. The molecule has 0 aliphatic rings. The third-order valence-corrected chi connectivity index (χ3v) is 4.43. The van der Waals surface area contributed by atoms with Crippen LogP contribution in [0.2, 0.25) is 0 Å². The van der Waals surface area contributed by atoms with Gasteiger partial charge in [0.1, 0.15) is 5.82 Å². The SMILES string of the molecule is CCN(CC)c1ccc(NCC(=O)NCCc2ccc(F)cc2)c(C)c1. The lowest BCUT2D eigenvalue weighted by Crippen LogP contribution is -2.31. The normalized spacial score (nSPS) is 10.5. The number of benzene rings is 2. The van der Waals surface area contributed by atoms with Gasteiger partial charge in [-0.2, -0.15) is 0 Å². The molecule has 2 rings (SSSR count). The van der Waals surface area contributed by atoms with E-state index < -0.39 is 0 Å². The van der Waals surface area contributed by atoms with Crippen LogP contribution in [0.3, 0.4) is 0 Å². The van der Waals surface area contributed by atoms with Gasteiger partial charge in [0.15, 0.2) is 0 Å². The number of hydrogen-bond donors (Lipinski definition) is 2. The first kappa shape index (κ1) is 19.8. The number of carbonyl (C=O) groups is 1. The summed E-state index contributed by atoms with van der Waals surface area (Å²) in [5, 5.41) is 6.07. The molecule has 0 radical (unpaired) electrons. The number of hydrogen-bond acceptors (Lipinski definition) is 3. The Morgan fingerprint density at radius 2 is 1.77 bits per heavy atom. The maximum Gasteiger partial charge on any atom is 0.239 e. The van der Waals surface area contributed by atoms with Gasteiger partial charge in [0.25, 0.3) is 0 Å². The van der Waals surface area contributed by atoms with Crippen LogP contribution in [0.5, 0.6) is 0 Å². The van der Waals surface area contributed by atoms with Crippen molar-refractivity contribution in [2.24, 2.45) is 0 Å². The lowest BCUT2D eigenvalue weighted by Gasteiger charge is -2.22. The first-order valence-electron chi connectivity index (χ1n) is 9.14. The van der Waals surface area contributed by atoms with E-state index in [-0.39, 0.29) is 18.3 Å². The molecule has 0 aliphatic heterocycles. The Balaban J connectivity index is 1.78.